The molecular formula is C8H18N2O. The van der Waals surface area contributed by atoms with Crippen LogP contribution < -0.4 is 11.1 Å². The number of hydrogen-bond donors (Lipinski definition) is 3. The second kappa shape index (κ2) is 2.73. The van der Waals surface area contributed by atoms with Gasteiger partial charge in [0.25, 0.3) is 0 Å². The smallest absolute Gasteiger partial charge is 0.0613 e. The largest absolute Gasteiger partial charge is 0.394 e. The maximum absolute atomic E-state index is 8.95. The SMILES string of the molecule is CC(C)(N)CNC1(CO)CC1. The lowest BCUT2D eigenvalue weighted by molar-refractivity contribution is 0.224. The lowest BCUT2D eigenvalue weighted by Gasteiger charge is -2.23. The van der Waals surface area contributed by atoms with Gasteiger partial charge in [-0.15, -0.1) is 0 Å². The van der Waals surface area contributed by atoms with E-state index < -0.39 is 0 Å². The fourth-order valence-electron chi connectivity index (χ4n) is 0.957. The summed E-state index contributed by atoms with van der Waals surface area (Å²) in [6.45, 7) is 4.97. The number of rotatable bonds is 4. The van der Waals surface area contributed by atoms with Gasteiger partial charge in [0, 0.05) is 17.6 Å². The zero-order valence-electron chi connectivity index (χ0n) is 7.35. The maximum atomic E-state index is 8.95. The van der Waals surface area contributed by atoms with Crippen molar-refractivity contribution >= 4 is 0 Å². The third kappa shape index (κ3) is 2.77. The molecule has 1 fully saturated rings. The van der Waals surface area contributed by atoms with Crippen molar-refractivity contribution in [3.8, 4) is 0 Å². The molecule has 66 valence electrons. The number of hydrogen-bond acceptors (Lipinski definition) is 3. The van der Waals surface area contributed by atoms with Crippen LogP contribution in [-0.4, -0.2) is 29.3 Å². The van der Waals surface area contributed by atoms with E-state index in [1.165, 1.54) is 0 Å². The van der Waals surface area contributed by atoms with Crippen molar-refractivity contribution < 1.29 is 5.11 Å². The van der Waals surface area contributed by atoms with E-state index in [-0.39, 0.29) is 17.7 Å². The van der Waals surface area contributed by atoms with Gasteiger partial charge >= 0.3 is 0 Å². The van der Waals surface area contributed by atoms with Crippen LogP contribution >= 0.6 is 0 Å². The standard InChI is InChI=1S/C8H18N2O/c1-7(2,9)5-10-8(6-11)3-4-8/h10-11H,3-6,9H2,1-2H3. The summed E-state index contributed by atoms with van der Waals surface area (Å²) in [7, 11) is 0. The maximum Gasteiger partial charge on any atom is 0.0613 e. The van der Waals surface area contributed by atoms with Gasteiger partial charge in [-0.05, 0) is 26.7 Å². The zero-order chi connectivity index (χ0) is 8.54. The molecule has 0 spiro atoms. The summed E-state index contributed by atoms with van der Waals surface area (Å²) in [6.07, 6.45) is 2.17. The van der Waals surface area contributed by atoms with Gasteiger partial charge in [0.15, 0.2) is 0 Å². The average molecular weight is 158 g/mol. The lowest BCUT2D eigenvalue weighted by atomic mass is 10.1. The van der Waals surface area contributed by atoms with Crippen LogP contribution in [0.1, 0.15) is 26.7 Å². The summed E-state index contributed by atoms with van der Waals surface area (Å²) in [5.74, 6) is 0. The van der Waals surface area contributed by atoms with Crippen LogP contribution in [0.5, 0.6) is 0 Å². The van der Waals surface area contributed by atoms with Crippen LogP contribution in [0.3, 0.4) is 0 Å². The molecule has 4 N–H and O–H groups in total. The predicted molar refractivity (Wildman–Crippen MR) is 45.3 cm³/mol. The van der Waals surface area contributed by atoms with Crippen LogP contribution in [0.15, 0.2) is 0 Å². The Morgan fingerprint density at radius 2 is 2.09 bits per heavy atom. The molecule has 1 aliphatic carbocycles. The Kier molecular flexibility index (Phi) is 2.23. The van der Waals surface area contributed by atoms with Crippen LogP contribution in [0.2, 0.25) is 0 Å². The fourth-order valence-corrected chi connectivity index (χ4v) is 0.957. The number of nitrogens with one attached hydrogen (secondary N) is 1. The third-order valence-electron chi connectivity index (χ3n) is 2.08. The first-order chi connectivity index (χ1) is 4.97. The summed E-state index contributed by atoms with van der Waals surface area (Å²) in [6, 6.07) is 0. The van der Waals surface area contributed by atoms with Crippen molar-refractivity contribution in [2.75, 3.05) is 13.2 Å². The minimum atomic E-state index is -0.176. The Bertz CT molecular complexity index is 136. The van der Waals surface area contributed by atoms with E-state index in [0.29, 0.717) is 0 Å². The van der Waals surface area contributed by atoms with Crippen molar-refractivity contribution in [3.63, 3.8) is 0 Å². The highest BCUT2D eigenvalue weighted by atomic mass is 16.3. The summed E-state index contributed by atoms with van der Waals surface area (Å²) >= 11 is 0. The van der Waals surface area contributed by atoms with Gasteiger partial charge in [-0.1, -0.05) is 0 Å². The summed E-state index contributed by atoms with van der Waals surface area (Å²) in [5.41, 5.74) is 5.63. The van der Waals surface area contributed by atoms with E-state index in [4.69, 9.17) is 10.8 Å². The van der Waals surface area contributed by atoms with E-state index >= 15 is 0 Å². The Morgan fingerprint density at radius 3 is 2.36 bits per heavy atom. The summed E-state index contributed by atoms with van der Waals surface area (Å²) < 4.78 is 0. The van der Waals surface area contributed by atoms with E-state index in [1.807, 2.05) is 13.8 Å². The molecule has 0 aliphatic heterocycles. The minimum Gasteiger partial charge on any atom is -0.394 e. The van der Waals surface area contributed by atoms with Crippen molar-refractivity contribution in [2.24, 2.45) is 5.73 Å². The molecule has 0 aromatic heterocycles. The van der Waals surface area contributed by atoms with E-state index in [2.05, 4.69) is 5.32 Å². The molecule has 0 radical (unpaired) electrons. The molecule has 1 aliphatic rings. The number of aliphatic hydroxyl groups excluding tert-OH is 1. The zero-order valence-corrected chi connectivity index (χ0v) is 7.35. The molecule has 3 nitrogen and oxygen atoms in total. The van der Waals surface area contributed by atoms with Gasteiger partial charge < -0.3 is 16.2 Å². The molecule has 11 heavy (non-hydrogen) atoms. The fraction of sp³-hybridized carbons (Fsp3) is 1.00. The molecule has 0 saturated heterocycles. The first-order valence-electron chi connectivity index (χ1n) is 4.12. The van der Waals surface area contributed by atoms with Crippen molar-refractivity contribution in [1.82, 2.24) is 5.32 Å². The average Bonchev–Trinajstić information content (AvgIpc) is 2.63. The lowest BCUT2D eigenvalue weighted by Crippen LogP contribution is -2.48. The van der Waals surface area contributed by atoms with Crippen molar-refractivity contribution in [2.45, 2.75) is 37.8 Å². The third-order valence-corrected chi connectivity index (χ3v) is 2.08. The normalized spacial score (nSPS) is 21.8. The Hall–Kier alpha value is -0.120. The topological polar surface area (TPSA) is 58.3 Å². The van der Waals surface area contributed by atoms with Gasteiger partial charge in [0.1, 0.15) is 0 Å². The van der Waals surface area contributed by atoms with Crippen molar-refractivity contribution in [1.29, 1.82) is 0 Å². The van der Waals surface area contributed by atoms with E-state index in [0.717, 1.165) is 19.4 Å². The van der Waals surface area contributed by atoms with E-state index in [1.54, 1.807) is 0 Å². The molecular weight excluding hydrogens is 140 g/mol. The van der Waals surface area contributed by atoms with Gasteiger partial charge in [-0.2, -0.15) is 0 Å². The Morgan fingerprint density at radius 1 is 1.55 bits per heavy atom. The van der Waals surface area contributed by atoms with Crippen molar-refractivity contribution in [3.05, 3.63) is 0 Å². The van der Waals surface area contributed by atoms with Crippen LogP contribution in [-0.2, 0) is 0 Å². The summed E-state index contributed by atoms with van der Waals surface area (Å²) in [5, 5.41) is 12.2. The second-order valence-electron chi connectivity index (χ2n) is 4.28. The highest BCUT2D eigenvalue weighted by molar-refractivity contribution is 5.02. The molecule has 0 aromatic rings. The van der Waals surface area contributed by atoms with Gasteiger partial charge in [-0.3, -0.25) is 0 Å². The van der Waals surface area contributed by atoms with Gasteiger partial charge in [-0.25, -0.2) is 0 Å². The number of nitrogens with two attached hydrogens (primary N) is 1. The highest BCUT2D eigenvalue weighted by Gasteiger charge is 2.41. The van der Waals surface area contributed by atoms with Crippen LogP contribution in [0, 0.1) is 0 Å². The monoisotopic (exact) mass is 158 g/mol. The first kappa shape index (κ1) is 8.97. The molecule has 1 rings (SSSR count). The van der Waals surface area contributed by atoms with Crippen LogP contribution in [0.25, 0.3) is 0 Å². The molecule has 0 aromatic carbocycles. The highest BCUT2D eigenvalue weighted by Crippen LogP contribution is 2.34. The predicted octanol–water partition coefficient (Wildman–Crippen LogP) is -0.162. The van der Waals surface area contributed by atoms with Gasteiger partial charge in [0.2, 0.25) is 0 Å². The van der Waals surface area contributed by atoms with Gasteiger partial charge in [0.05, 0.1) is 6.61 Å². The first-order valence-corrected chi connectivity index (χ1v) is 4.12. The number of aliphatic hydroxyl groups is 1. The molecule has 0 atom stereocenters. The van der Waals surface area contributed by atoms with Crippen LogP contribution in [0.4, 0.5) is 0 Å². The molecule has 0 bridgehead atoms. The Balaban J connectivity index is 2.22. The molecule has 0 heterocycles. The molecule has 0 amide bonds. The minimum absolute atomic E-state index is 0.0244. The molecule has 3 heteroatoms. The second-order valence-corrected chi connectivity index (χ2v) is 4.28. The quantitative estimate of drug-likeness (QED) is 0.533. The summed E-state index contributed by atoms with van der Waals surface area (Å²) in [4.78, 5) is 0. The van der Waals surface area contributed by atoms with E-state index in [9.17, 15) is 0 Å². The molecule has 1 saturated carbocycles. The molecule has 0 unspecified atom stereocenters. The Labute approximate surface area is 68.0 Å².